The zero-order chi connectivity index (χ0) is 18.7. The van der Waals surface area contributed by atoms with E-state index in [-0.39, 0.29) is 12.5 Å². The molecule has 0 spiro atoms. The molecule has 0 saturated carbocycles. The van der Waals surface area contributed by atoms with Gasteiger partial charge in [-0.25, -0.2) is 13.2 Å². The van der Waals surface area contributed by atoms with E-state index >= 15 is 0 Å². The summed E-state index contributed by atoms with van der Waals surface area (Å²) >= 11 is 0. The normalized spacial score (nSPS) is 10.6. The number of aromatic nitrogens is 4. The van der Waals surface area contributed by atoms with E-state index in [4.69, 9.17) is 0 Å². The Bertz CT molecular complexity index is 931. The predicted octanol–water partition coefficient (Wildman–Crippen LogP) is 2.15. The van der Waals surface area contributed by atoms with E-state index in [1.165, 1.54) is 9.58 Å². The molecule has 0 radical (unpaired) electrons. The van der Waals surface area contributed by atoms with Crippen molar-refractivity contribution in [2.45, 2.75) is 0 Å². The van der Waals surface area contributed by atoms with Gasteiger partial charge in [-0.1, -0.05) is 23.3 Å². The van der Waals surface area contributed by atoms with Crippen molar-refractivity contribution in [3.8, 4) is 5.69 Å². The fourth-order valence-electron chi connectivity index (χ4n) is 2.26. The SMILES string of the molecule is CN(CC(=O)Nc1ccc(F)c(F)c1F)c1nnnn1-c1ccccc1. The highest BCUT2D eigenvalue weighted by Crippen LogP contribution is 2.20. The molecule has 0 saturated heterocycles. The van der Waals surface area contributed by atoms with Crippen molar-refractivity contribution in [2.24, 2.45) is 0 Å². The number of hydrogen-bond donors (Lipinski definition) is 1. The Morgan fingerprint density at radius 3 is 2.58 bits per heavy atom. The molecular weight excluding hydrogens is 349 g/mol. The number of rotatable bonds is 5. The first-order chi connectivity index (χ1) is 12.5. The number of benzene rings is 2. The lowest BCUT2D eigenvalue weighted by Crippen LogP contribution is -2.32. The zero-order valence-corrected chi connectivity index (χ0v) is 13.5. The molecule has 134 valence electrons. The van der Waals surface area contributed by atoms with Gasteiger partial charge in [-0.05, 0) is 34.7 Å². The average Bonchev–Trinajstić information content (AvgIpc) is 3.13. The molecule has 1 amide bonds. The minimum absolute atomic E-state index is 0.244. The third kappa shape index (κ3) is 3.48. The first-order valence-corrected chi connectivity index (χ1v) is 7.45. The molecule has 0 aliphatic rings. The molecule has 2 aromatic carbocycles. The minimum atomic E-state index is -1.65. The van der Waals surface area contributed by atoms with Gasteiger partial charge in [0.25, 0.3) is 5.95 Å². The number of likely N-dealkylation sites (N-methyl/N-ethyl adjacent to an activating group) is 1. The Morgan fingerprint density at radius 1 is 1.12 bits per heavy atom. The third-order valence-corrected chi connectivity index (χ3v) is 3.49. The van der Waals surface area contributed by atoms with Gasteiger partial charge >= 0.3 is 0 Å². The third-order valence-electron chi connectivity index (χ3n) is 3.49. The lowest BCUT2D eigenvalue weighted by Gasteiger charge is -2.17. The number of nitrogens with zero attached hydrogens (tertiary/aromatic N) is 5. The molecule has 26 heavy (non-hydrogen) atoms. The molecule has 3 aromatic rings. The van der Waals surface area contributed by atoms with Gasteiger partial charge in [0.05, 0.1) is 17.9 Å². The Morgan fingerprint density at radius 2 is 1.85 bits per heavy atom. The van der Waals surface area contributed by atoms with Crippen molar-refractivity contribution in [3.05, 3.63) is 59.9 Å². The van der Waals surface area contributed by atoms with Crippen LogP contribution < -0.4 is 10.2 Å². The van der Waals surface area contributed by atoms with Crippen LogP contribution in [0.3, 0.4) is 0 Å². The number of carbonyl (C=O) groups is 1. The molecule has 0 aliphatic heterocycles. The average molecular weight is 362 g/mol. The first kappa shape index (κ1) is 17.4. The van der Waals surface area contributed by atoms with Crippen molar-refractivity contribution < 1.29 is 18.0 Å². The number of anilines is 2. The number of tetrazole rings is 1. The number of hydrogen-bond acceptors (Lipinski definition) is 5. The molecule has 0 aliphatic carbocycles. The van der Waals surface area contributed by atoms with Gasteiger partial charge in [0.2, 0.25) is 5.91 Å². The van der Waals surface area contributed by atoms with Crippen LogP contribution in [-0.4, -0.2) is 39.7 Å². The summed E-state index contributed by atoms with van der Waals surface area (Å²) in [5, 5.41) is 13.5. The van der Waals surface area contributed by atoms with Crippen molar-refractivity contribution >= 4 is 17.5 Å². The van der Waals surface area contributed by atoms with Gasteiger partial charge in [0.1, 0.15) is 0 Å². The van der Waals surface area contributed by atoms with E-state index < -0.39 is 29.0 Å². The Balaban J connectivity index is 1.73. The van der Waals surface area contributed by atoms with Crippen LogP contribution in [0.25, 0.3) is 5.69 Å². The standard InChI is InChI=1S/C16H13F3N6O/c1-24(16-21-22-23-25(16)10-5-3-2-4-6-10)9-13(26)20-12-8-7-11(17)14(18)15(12)19/h2-8H,9H2,1H3,(H,20,26). The molecule has 0 fully saturated rings. The van der Waals surface area contributed by atoms with Crippen LogP contribution in [0.15, 0.2) is 42.5 Å². The number of carbonyl (C=O) groups excluding carboxylic acids is 1. The molecule has 10 heteroatoms. The maximum atomic E-state index is 13.6. The summed E-state index contributed by atoms with van der Waals surface area (Å²) in [6, 6.07) is 10.7. The van der Waals surface area contributed by atoms with Crippen LogP contribution in [0.1, 0.15) is 0 Å². The van der Waals surface area contributed by atoms with Crippen molar-refractivity contribution in [2.75, 3.05) is 23.8 Å². The van der Waals surface area contributed by atoms with Gasteiger partial charge in [0.15, 0.2) is 17.5 Å². The van der Waals surface area contributed by atoms with Crippen LogP contribution >= 0.6 is 0 Å². The molecule has 7 nitrogen and oxygen atoms in total. The fraction of sp³-hybridized carbons (Fsp3) is 0.125. The quantitative estimate of drug-likeness (QED) is 0.704. The lowest BCUT2D eigenvalue weighted by molar-refractivity contribution is -0.115. The highest BCUT2D eigenvalue weighted by molar-refractivity contribution is 5.93. The van der Waals surface area contributed by atoms with Crippen LogP contribution in [0, 0.1) is 17.5 Å². The minimum Gasteiger partial charge on any atom is -0.333 e. The monoisotopic (exact) mass is 362 g/mol. The largest absolute Gasteiger partial charge is 0.333 e. The Hall–Kier alpha value is -3.43. The summed E-state index contributed by atoms with van der Waals surface area (Å²) in [7, 11) is 1.56. The molecular formula is C16H13F3N6O. The van der Waals surface area contributed by atoms with E-state index in [2.05, 4.69) is 20.8 Å². The summed E-state index contributed by atoms with van der Waals surface area (Å²) in [5.74, 6) is -4.82. The molecule has 0 bridgehead atoms. The second-order valence-corrected chi connectivity index (χ2v) is 5.35. The molecule has 1 N–H and O–H groups in total. The maximum absolute atomic E-state index is 13.6. The number of halogens is 3. The molecule has 0 unspecified atom stereocenters. The highest BCUT2D eigenvalue weighted by atomic mass is 19.2. The zero-order valence-electron chi connectivity index (χ0n) is 13.5. The molecule has 3 rings (SSSR count). The van der Waals surface area contributed by atoms with Crippen LogP contribution in [0.5, 0.6) is 0 Å². The van der Waals surface area contributed by atoms with E-state index in [1.54, 1.807) is 31.3 Å². The summed E-state index contributed by atoms with van der Waals surface area (Å²) in [6.45, 7) is -0.244. The fourth-order valence-corrected chi connectivity index (χ4v) is 2.26. The first-order valence-electron chi connectivity index (χ1n) is 7.45. The van der Waals surface area contributed by atoms with Gasteiger partial charge < -0.3 is 10.2 Å². The lowest BCUT2D eigenvalue weighted by atomic mass is 10.2. The van der Waals surface area contributed by atoms with E-state index in [0.29, 0.717) is 5.69 Å². The maximum Gasteiger partial charge on any atom is 0.250 e. The van der Waals surface area contributed by atoms with E-state index in [0.717, 1.165) is 12.1 Å². The number of para-hydroxylation sites is 1. The Kier molecular flexibility index (Phi) is 4.83. The highest BCUT2D eigenvalue weighted by Gasteiger charge is 2.18. The molecule has 0 atom stereocenters. The molecule has 1 heterocycles. The summed E-state index contributed by atoms with van der Waals surface area (Å²) < 4.78 is 41.2. The topological polar surface area (TPSA) is 75.9 Å². The van der Waals surface area contributed by atoms with Gasteiger partial charge in [-0.2, -0.15) is 4.68 Å². The predicted molar refractivity (Wildman–Crippen MR) is 87.4 cm³/mol. The van der Waals surface area contributed by atoms with Crippen molar-refractivity contribution in [1.82, 2.24) is 20.2 Å². The van der Waals surface area contributed by atoms with Gasteiger partial charge in [-0.15, -0.1) is 0 Å². The second-order valence-electron chi connectivity index (χ2n) is 5.35. The van der Waals surface area contributed by atoms with Crippen molar-refractivity contribution in [3.63, 3.8) is 0 Å². The van der Waals surface area contributed by atoms with E-state index in [9.17, 15) is 18.0 Å². The van der Waals surface area contributed by atoms with Crippen LogP contribution in [0.2, 0.25) is 0 Å². The number of amides is 1. The smallest absolute Gasteiger partial charge is 0.250 e. The number of nitrogens with one attached hydrogen (secondary N) is 1. The summed E-state index contributed by atoms with van der Waals surface area (Å²) in [6.07, 6.45) is 0. The van der Waals surface area contributed by atoms with Crippen LogP contribution in [-0.2, 0) is 4.79 Å². The summed E-state index contributed by atoms with van der Waals surface area (Å²) in [4.78, 5) is 13.5. The van der Waals surface area contributed by atoms with Gasteiger partial charge in [0, 0.05) is 7.05 Å². The second kappa shape index (κ2) is 7.21. The van der Waals surface area contributed by atoms with E-state index in [1.807, 2.05) is 6.07 Å². The Labute approximate surface area is 146 Å². The van der Waals surface area contributed by atoms with Crippen LogP contribution in [0.4, 0.5) is 24.8 Å². The van der Waals surface area contributed by atoms with Gasteiger partial charge in [-0.3, -0.25) is 4.79 Å². The summed E-state index contributed by atoms with van der Waals surface area (Å²) in [5.41, 5.74) is 0.233. The van der Waals surface area contributed by atoms with Crippen molar-refractivity contribution in [1.29, 1.82) is 0 Å². The molecule has 1 aromatic heterocycles.